The van der Waals surface area contributed by atoms with Gasteiger partial charge in [-0.3, -0.25) is 4.79 Å². The lowest BCUT2D eigenvalue weighted by Gasteiger charge is -2.27. The topological polar surface area (TPSA) is 69.7 Å². The molecule has 1 N–H and O–H groups in total. The van der Waals surface area contributed by atoms with Crippen LogP contribution in [0.5, 0.6) is 0 Å². The first-order valence-corrected chi connectivity index (χ1v) is 11.4. The molecular formula is C19H25N3O3S2. The number of carbonyl (C=O) groups is 1. The van der Waals surface area contributed by atoms with Crippen molar-refractivity contribution in [3.63, 3.8) is 0 Å². The molecule has 3 rings (SSSR count). The van der Waals surface area contributed by atoms with Crippen molar-refractivity contribution < 1.29 is 13.2 Å². The molecule has 146 valence electrons. The van der Waals surface area contributed by atoms with Crippen LogP contribution in [0.15, 0.2) is 40.6 Å². The highest BCUT2D eigenvalue weighted by atomic mass is 32.2. The molecule has 0 aliphatic carbocycles. The van der Waals surface area contributed by atoms with Crippen LogP contribution in [0, 0.1) is 0 Å². The normalized spacial score (nSPS) is 14.3. The SMILES string of the molecule is CCN(CC)S(=O)(=O)c1ccc(NCC(=O)N2CCc3sccc3C2)cc1. The molecule has 1 aromatic heterocycles. The molecule has 8 heteroatoms. The van der Waals surface area contributed by atoms with E-state index in [9.17, 15) is 13.2 Å². The Balaban J connectivity index is 1.58. The first kappa shape index (κ1) is 19.9. The van der Waals surface area contributed by atoms with E-state index in [2.05, 4.69) is 16.8 Å². The van der Waals surface area contributed by atoms with Crippen molar-refractivity contribution in [1.82, 2.24) is 9.21 Å². The molecule has 2 heterocycles. The van der Waals surface area contributed by atoms with E-state index < -0.39 is 10.0 Å². The van der Waals surface area contributed by atoms with Gasteiger partial charge in [0.1, 0.15) is 0 Å². The van der Waals surface area contributed by atoms with E-state index in [1.165, 1.54) is 14.7 Å². The monoisotopic (exact) mass is 407 g/mol. The first-order chi connectivity index (χ1) is 13.0. The fourth-order valence-corrected chi connectivity index (χ4v) is 5.56. The molecule has 27 heavy (non-hydrogen) atoms. The minimum absolute atomic E-state index is 0.0479. The van der Waals surface area contributed by atoms with Crippen LogP contribution < -0.4 is 5.32 Å². The van der Waals surface area contributed by atoms with Crippen LogP contribution >= 0.6 is 11.3 Å². The summed E-state index contributed by atoms with van der Waals surface area (Å²) < 4.78 is 26.4. The van der Waals surface area contributed by atoms with E-state index in [0.29, 0.717) is 19.6 Å². The molecule has 1 aliphatic rings. The molecule has 1 amide bonds. The molecule has 1 aromatic carbocycles. The Morgan fingerprint density at radius 3 is 2.56 bits per heavy atom. The minimum Gasteiger partial charge on any atom is -0.376 e. The van der Waals surface area contributed by atoms with Gasteiger partial charge in [-0.15, -0.1) is 11.3 Å². The smallest absolute Gasteiger partial charge is 0.243 e. The van der Waals surface area contributed by atoms with Crippen LogP contribution in [-0.4, -0.2) is 49.7 Å². The van der Waals surface area contributed by atoms with Gasteiger partial charge in [0.15, 0.2) is 0 Å². The summed E-state index contributed by atoms with van der Waals surface area (Å²) in [5.74, 6) is 0.0479. The second-order valence-electron chi connectivity index (χ2n) is 6.40. The summed E-state index contributed by atoms with van der Waals surface area (Å²) in [6.45, 7) is 6.13. The van der Waals surface area contributed by atoms with Crippen molar-refractivity contribution in [2.24, 2.45) is 0 Å². The van der Waals surface area contributed by atoms with Crippen molar-refractivity contribution >= 4 is 33.0 Å². The quantitative estimate of drug-likeness (QED) is 0.766. The molecule has 0 saturated carbocycles. The number of thiophene rings is 1. The Morgan fingerprint density at radius 1 is 1.19 bits per heavy atom. The summed E-state index contributed by atoms with van der Waals surface area (Å²) in [5, 5.41) is 5.17. The molecule has 2 aromatic rings. The molecule has 0 unspecified atom stereocenters. The predicted octanol–water partition coefficient (Wildman–Crippen LogP) is 2.78. The number of benzene rings is 1. The summed E-state index contributed by atoms with van der Waals surface area (Å²) in [5.41, 5.74) is 1.97. The zero-order valence-corrected chi connectivity index (χ0v) is 17.3. The molecule has 6 nitrogen and oxygen atoms in total. The Labute approximate surface area is 164 Å². The van der Waals surface area contributed by atoms with Gasteiger partial charge in [0.05, 0.1) is 11.4 Å². The first-order valence-electron chi connectivity index (χ1n) is 9.12. The average molecular weight is 408 g/mol. The number of amides is 1. The van der Waals surface area contributed by atoms with E-state index in [-0.39, 0.29) is 17.3 Å². The van der Waals surface area contributed by atoms with E-state index in [0.717, 1.165) is 18.7 Å². The van der Waals surface area contributed by atoms with Gasteiger partial charge < -0.3 is 10.2 Å². The second-order valence-corrected chi connectivity index (χ2v) is 9.34. The maximum atomic E-state index is 12.5. The lowest BCUT2D eigenvalue weighted by Crippen LogP contribution is -2.38. The lowest BCUT2D eigenvalue weighted by atomic mass is 10.1. The molecule has 0 radical (unpaired) electrons. The number of hydrogen-bond acceptors (Lipinski definition) is 5. The maximum absolute atomic E-state index is 12.5. The molecular weight excluding hydrogens is 382 g/mol. The van der Waals surface area contributed by atoms with Gasteiger partial charge in [-0.25, -0.2) is 8.42 Å². The Bertz CT molecular complexity index is 887. The summed E-state index contributed by atoms with van der Waals surface area (Å²) in [4.78, 5) is 16.0. The predicted molar refractivity (Wildman–Crippen MR) is 108 cm³/mol. The van der Waals surface area contributed by atoms with Crippen molar-refractivity contribution in [2.45, 2.75) is 31.7 Å². The van der Waals surface area contributed by atoms with Gasteiger partial charge in [0.25, 0.3) is 0 Å². The highest BCUT2D eigenvalue weighted by molar-refractivity contribution is 7.89. The van der Waals surface area contributed by atoms with Crippen LogP contribution in [-0.2, 0) is 27.8 Å². The van der Waals surface area contributed by atoms with Crippen LogP contribution in [0.25, 0.3) is 0 Å². The zero-order valence-electron chi connectivity index (χ0n) is 15.6. The molecule has 0 spiro atoms. The number of carbonyl (C=O) groups excluding carboxylic acids is 1. The molecule has 0 bridgehead atoms. The van der Waals surface area contributed by atoms with Gasteiger partial charge in [0, 0.05) is 36.7 Å². The molecule has 0 atom stereocenters. The van der Waals surface area contributed by atoms with Crippen LogP contribution in [0.3, 0.4) is 0 Å². The highest BCUT2D eigenvalue weighted by Crippen LogP contribution is 2.24. The van der Waals surface area contributed by atoms with Crippen molar-refractivity contribution in [1.29, 1.82) is 0 Å². The molecule has 1 aliphatic heterocycles. The number of fused-ring (bicyclic) bond motifs is 1. The number of sulfonamides is 1. The van der Waals surface area contributed by atoms with Gasteiger partial charge in [0.2, 0.25) is 15.9 Å². The Kier molecular flexibility index (Phi) is 6.18. The van der Waals surface area contributed by atoms with Crippen LogP contribution in [0.4, 0.5) is 5.69 Å². The van der Waals surface area contributed by atoms with E-state index in [4.69, 9.17) is 0 Å². The minimum atomic E-state index is -3.46. The summed E-state index contributed by atoms with van der Waals surface area (Å²) in [7, 11) is -3.46. The third kappa shape index (κ3) is 4.34. The third-order valence-electron chi connectivity index (χ3n) is 4.80. The van der Waals surface area contributed by atoms with Gasteiger partial charge in [-0.2, -0.15) is 4.31 Å². The average Bonchev–Trinajstić information content (AvgIpc) is 3.15. The summed E-state index contributed by atoms with van der Waals surface area (Å²) in [6, 6.07) is 8.66. The van der Waals surface area contributed by atoms with Crippen molar-refractivity contribution in [3.05, 3.63) is 46.2 Å². The van der Waals surface area contributed by atoms with Crippen molar-refractivity contribution in [2.75, 3.05) is 31.5 Å². The zero-order chi connectivity index (χ0) is 19.4. The van der Waals surface area contributed by atoms with Crippen LogP contribution in [0.2, 0.25) is 0 Å². The molecule has 0 fully saturated rings. The van der Waals surface area contributed by atoms with Gasteiger partial charge >= 0.3 is 0 Å². The number of anilines is 1. The Morgan fingerprint density at radius 2 is 1.89 bits per heavy atom. The van der Waals surface area contributed by atoms with E-state index in [1.807, 2.05) is 18.7 Å². The fourth-order valence-electron chi connectivity index (χ4n) is 3.21. The maximum Gasteiger partial charge on any atom is 0.243 e. The summed E-state index contributed by atoms with van der Waals surface area (Å²) in [6.07, 6.45) is 0.913. The third-order valence-corrected chi connectivity index (χ3v) is 7.89. The lowest BCUT2D eigenvalue weighted by molar-refractivity contribution is -0.130. The van der Waals surface area contributed by atoms with Crippen molar-refractivity contribution in [3.8, 4) is 0 Å². The number of hydrogen-bond donors (Lipinski definition) is 1. The highest BCUT2D eigenvalue weighted by Gasteiger charge is 2.22. The van der Waals surface area contributed by atoms with Gasteiger partial charge in [-0.05, 0) is 47.7 Å². The number of rotatable bonds is 7. The van der Waals surface area contributed by atoms with E-state index >= 15 is 0 Å². The standard InChI is InChI=1S/C19H25N3O3S2/c1-3-22(4-2)27(24,25)17-7-5-16(6-8-17)20-13-19(23)21-11-9-18-15(14-21)10-12-26-18/h5-8,10,12,20H,3-4,9,11,13-14H2,1-2H3. The number of nitrogens with one attached hydrogen (secondary N) is 1. The molecule has 0 saturated heterocycles. The van der Waals surface area contributed by atoms with Gasteiger partial charge in [-0.1, -0.05) is 13.8 Å². The van der Waals surface area contributed by atoms with Crippen LogP contribution in [0.1, 0.15) is 24.3 Å². The number of nitrogens with zero attached hydrogens (tertiary/aromatic N) is 2. The Hall–Kier alpha value is -1.90. The largest absolute Gasteiger partial charge is 0.376 e. The van der Waals surface area contributed by atoms with E-state index in [1.54, 1.807) is 35.6 Å². The summed E-state index contributed by atoms with van der Waals surface area (Å²) >= 11 is 1.75. The second kappa shape index (κ2) is 8.41. The fraction of sp³-hybridized carbons (Fsp3) is 0.421.